The van der Waals surface area contributed by atoms with Gasteiger partial charge in [0.15, 0.2) is 0 Å². The lowest BCUT2D eigenvalue weighted by atomic mass is 10.0. The normalized spacial score (nSPS) is 13.5. The van der Waals surface area contributed by atoms with Crippen molar-refractivity contribution in [3.05, 3.63) is 74.1 Å². The zero-order chi connectivity index (χ0) is 19.8. The number of H-pyrrole nitrogens is 1. The Morgan fingerprint density at radius 2 is 2.00 bits per heavy atom. The molecule has 6 nitrogen and oxygen atoms in total. The lowest BCUT2D eigenvalue weighted by molar-refractivity contribution is 0.454. The minimum Gasteiger partial charge on any atom is -0.439 e. The quantitative estimate of drug-likeness (QED) is 0.738. The van der Waals surface area contributed by atoms with E-state index in [0.717, 1.165) is 29.0 Å². The Bertz CT molecular complexity index is 1120. The number of benzene rings is 1. The second-order valence-electron chi connectivity index (χ2n) is 7.49. The number of nitrogens with one attached hydrogen (secondary N) is 1. The topological polar surface area (TPSA) is 77.0 Å². The van der Waals surface area contributed by atoms with Gasteiger partial charge in [-0.05, 0) is 68.9 Å². The average molecular weight is 377 g/mol. The van der Waals surface area contributed by atoms with Crippen LogP contribution in [-0.4, -0.2) is 14.5 Å². The Balaban J connectivity index is 1.69. The number of aryl methyl sites for hydroxylation is 1. The third-order valence-electron chi connectivity index (χ3n) is 5.28. The summed E-state index contributed by atoms with van der Waals surface area (Å²) < 4.78 is 7.53. The predicted molar refractivity (Wildman–Crippen MR) is 108 cm³/mol. The number of ether oxygens (including phenoxy) is 1. The van der Waals surface area contributed by atoms with Gasteiger partial charge in [-0.3, -0.25) is 14.3 Å². The summed E-state index contributed by atoms with van der Waals surface area (Å²) in [6.07, 6.45) is 5.28. The van der Waals surface area contributed by atoms with Crippen molar-refractivity contribution in [2.24, 2.45) is 13.0 Å². The summed E-state index contributed by atoms with van der Waals surface area (Å²) in [4.78, 5) is 30.8. The Hall–Kier alpha value is -3.15. The van der Waals surface area contributed by atoms with Crippen LogP contribution in [0.25, 0.3) is 11.3 Å². The Labute approximate surface area is 162 Å². The average Bonchev–Trinajstić information content (AvgIpc) is 3.48. The fourth-order valence-corrected chi connectivity index (χ4v) is 3.50. The van der Waals surface area contributed by atoms with Crippen molar-refractivity contribution in [1.29, 1.82) is 0 Å². The molecule has 4 rings (SSSR count). The van der Waals surface area contributed by atoms with Gasteiger partial charge in [-0.25, -0.2) is 9.78 Å². The predicted octanol–water partition coefficient (Wildman–Crippen LogP) is 3.50. The molecule has 0 radical (unpaired) electrons. The van der Waals surface area contributed by atoms with Crippen LogP contribution in [-0.2, 0) is 13.5 Å². The zero-order valence-electron chi connectivity index (χ0n) is 16.3. The standard InChI is InChI=1S/C22H23N3O3/c1-13-11-17(28-21-16(5-4-10-23-21)12-15-6-7-15)8-9-18(13)19-14(2)20(26)24-22(27)25(19)3/h4-5,8-11,15H,6-7,12H2,1-3H3,(H,24,26,27). The minimum atomic E-state index is -0.427. The molecular weight excluding hydrogens is 354 g/mol. The van der Waals surface area contributed by atoms with Crippen LogP contribution >= 0.6 is 0 Å². The van der Waals surface area contributed by atoms with Crippen LogP contribution in [0.1, 0.15) is 29.5 Å². The summed E-state index contributed by atoms with van der Waals surface area (Å²) >= 11 is 0. The van der Waals surface area contributed by atoms with Crippen LogP contribution < -0.4 is 16.0 Å². The first-order valence-corrected chi connectivity index (χ1v) is 9.46. The molecule has 0 bridgehead atoms. The van der Waals surface area contributed by atoms with Crippen LogP contribution in [0.4, 0.5) is 0 Å². The lowest BCUT2D eigenvalue weighted by Gasteiger charge is -2.15. The van der Waals surface area contributed by atoms with Crippen molar-refractivity contribution in [2.45, 2.75) is 33.1 Å². The smallest absolute Gasteiger partial charge is 0.328 e. The number of hydrogen-bond donors (Lipinski definition) is 1. The molecule has 0 aliphatic heterocycles. The van der Waals surface area contributed by atoms with Gasteiger partial charge in [-0.1, -0.05) is 6.07 Å². The molecule has 144 valence electrons. The Kier molecular flexibility index (Phi) is 4.63. The lowest BCUT2D eigenvalue weighted by Crippen LogP contribution is -2.31. The highest BCUT2D eigenvalue weighted by atomic mass is 16.5. The molecule has 1 aromatic carbocycles. The molecule has 0 unspecified atom stereocenters. The molecule has 1 saturated carbocycles. The SMILES string of the molecule is Cc1cc(Oc2ncccc2CC2CC2)ccc1-c1c(C)c(=O)[nH]c(=O)n1C. The number of aromatic nitrogens is 3. The van der Waals surface area contributed by atoms with Crippen molar-refractivity contribution in [3.63, 3.8) is 0 Å². The van der Waals surface area contributed by atoms with Gasteiger partial charge in [-0.2, -0.15) is 0 Å². The van der Waals surface area contributed by atoms with Gasteiger partial charge in [-0.15, -0.1) is 0 Å². The van der Waals surface area contributed by atoms with E-state index in [2.05, 4.69) is 16.0 Å². The molecule has 0 spiro atoms. The number of rotatable bonds is 5. The van der Waals surface area contributed by atoms with Crippen LogP contribution in [0.15, 0.2) is 46.1 Å². The summed E-state index contributed by atoms with van der Waals surface area (Å²) in [5.41, 5.74) is 3.20. The van der Waals surface area contributed by atoms with E-state index in [4.69, 9.17) is 4.74 Å². The van der Waals surface area contributed by atoms with Gasteiger partial charge in [0.25, 0.3) is 5.56 Å². The van der Waals surface area contributed by atoms with Crippen molar-refractivity contribution in [3.8, 4) is 22.9 Å². The van der Waals surface area contributed by atoms with Crippen LogP contribution in [0.2, 0.25) is 0 Å². The number of hydrogen-bond acceptors (Lipinski definition) is 4. The minimum absolute atomic E-state index is 0.365. The third-order valence-corrected chi connectivity index (χ3v) is 5.28. The summed E-state index contributed by atoms with van der Waals surface area (Å²) in [6.45, 7) is 3.66. The maximum Gasteiger partial charge on any atom is 0.328 e. The molecule has 6 heteroatoms. The zero-order valence-corrected chi connectivity index (χ0v) is 16.3. The maximum absolute atomic E-state index is 12.0. The van der Waals surface area contributed by atoms with Crippen LogP contribution in [0, 0.1) is 19.8 Å². The summed E-state index contributed by atoms with van der Waals surface area (Å²) in [5, 5.41) is 0. The van der Waals surface area contributed by atoms with Crippen LogP contribution in [0.5, 0.6) is 11.6 Å². The first-order chi connectivity index (χ1) is 13.4. The van der Waals surface area contributed by atoms with Crippen molar-refractivity contribution in [1.82, 2.24) is 14.5 Å². The maximum atomic E-state index is 12.0. The third kappa shape index (κ3) is 3.50. The molecule has 1 aliphatic carbocycles. The summed E-state index contributed by atoms with van der Waals surface area (Å²) in [7, 11) is 1.66. The van der Waals surface area contributed by atoms with Gasteiger partial charge in [0, 0.05) is 29.9 Å². The second kappa shape index (κ2) is 7.11. The molecular formula is C22H23N3O3. The number of nitrogens with zero attached hydrogens (tertiary/aromatic N) is 2. The molecule has 1 fully saturated rings. The summed E-state index contributed by atoms with van der Waals surface area (Å²) in [6, 6.07) is 9.65. The monoisotopic (exact) mass is 377 g/mol. The molecule has 0 saturated heterocycles. The van der Waals surface area contributed by atoms with Crippen molar-refractivity contribution >= 4 is 0 Å². The van der Waals surface area contributed by atoms with Gasteiger partial charge < -0.3 is 4.74 Å². The molecule has 0 atom stereocenters. The molecule has 1 N–H and O–H groups in total. The number of aromatic amines is 1. The van der Waals surface area contributed by atoms with Crippen molar-refractivity contribution in [2.75, 3.05) is 0 Å². The molecule has 2 heterocycles. The van der Waals surface area contributed by atoms with E-state index in [0.29, 0.717) is 22.9 Å². The van der Waals surface area contributed by atoms with E-state index in [1.54, 1.807) is 20.2 Å². The van der Waals surface area contributed by atoms with Gasteiger partial charge in [0.05, 0.1) is 5.69 Å². The van der Waals surface area contributed by atoms with Gasteiger partial charge >= 0.3 is 5.69 Å². The van der Waals surface area contributed by atoms with Gasteiger partial charge in [0.1, 0.15) is 5.75 Å². The van der Waals surface area contributed by atoms with Crippen molar-refractivity contribution < 1.29 is 4.74 Å². The second-order valence-corrected chi connectivity index (χ2v) is 7.49. The first kappa shape index (κ1) is 18.2. The van der Waals surface area contributed by atoms with E-state index in [1.165, 1.54) is 17.4 Å². The first-order valence-electron chi connectivity index (χ1n) is 9.46. The fourth-order valence-electron chi connectivity index (χ4n) is 3.50. The fraction of sp³-hybridized carbons (Fsp3) is 0.318. The molecule has 1 aliphatic rings. The van der Waals surface area contributed by atoms with Gasteiger partial charge in [0.2, 0.25) is 5.88 Å². The highest BCUT2D eigenvalue weighted by Gasteiger charge is 2.23. The Morgan fingerprint density at radius 3 is 2.71 bits per heavy atom. The summed E-state index contributed by atoms with van der Waals surface area (Å²) in [5.74, 6) is 2.07. The molecule has 3 aromatic rings. The molecule has 28 heavy (non-hydrogen) atoms. The molecule has 0 amide bonds. The Morgan fingerprint density at radius 1 is 1.21 bits per heavy atom. The largest absolute Gasteiger partial charge is 0.439 e. The van der Waals surface area contributed by atoms with E-state index in [9.17, 15) is 9.59 Å². The van der Waals surface area contributed by atoms with Crippen LogP contribution in [0.3, 0.4) is 0 Å². The highest BCUT2D eigenvalue weighted by Crippen LogP contribution is 2.36. The van der Waals surface area contributed by atoms with E-state index in [1.807, 2.05) is 31.2 Å². The number of pyridine rings is 1. The highest BCUT2D eigenvalue weighted by molar-refractivity contribution is 5.67. The molecule has 2 aromatic heterocycles. The van der Waals surface area contributed by atoms with E-state index < -0.39 is 5.69 Å². The van der Waals surface area contributed by atoms with E-state index >= 15 is 0 Å². The van der Waals surface area contributed by atoms with E-state index in [-0.39, 0.29) is 5.56 Å².